The van der Waals surface area contributed by atoms with E-state index in [0.29, 0.717) is 112 Å². The molecular weight excluding hydrogens is 516 g/mol. The van der Waals surface area contributed by atoms with Crippen molar-refractivity contribution in [3.05, 3.63) is 12.7 Å². The molecule has 0 amide bonds. The number of esters is 2. The third-order valence-corrected chi connectivity index (χ3v) is 4.72. The predicted molar refractivity (Wildman–Crippen MR) is 143 cm³/mol. The lowest BCUT2D eigenvalue weighted by Crippen LogP contribution is -2.15. The molecule has 0 aromatic carbocycles. The first-order valence-corrected chi connectivity index (χ1v) is 13.8. The lowest BCUT2D eigenvalue weighted by atomic mass is 10.2. The molecule has 0 rings (SSSR count). The van der Waals surface area contributed by atoms with Crippen LogP contribution < -0.4 is 0 Å². The van der Waals surface area contributed by atoms with Crippen molar-refractivity contribution in [2.75, 3.05) is 119 Å². The van der Waals surface area contributed by atoms with Gasteiger partial charge >= 0.3 is 11.9 Å². The largest absolute Gasteiger partial charge is 0.463 e. The van der Waals surface area contributed by atoms with Gasteiger partial charge in [-0.25, -0.2) is 4.79 Å². The molecule has 12 nitrogen and oxygen atoms in total. The molecule has 0 bridgehead atoms. The van der Waals surface area contributed by atoms with Gasteiger partial charge in [0.2, 0.25) is 0 Å². The second-order valence-corrected chi connectivity index (χ2v) is 7.95. The van der Waals surface area contributed by atoms with Crippen molar-refractivity contribution < 1.29 is 57.0 Å². The van der Waals surface area contributed by atoms with Crippen molar-refractivity contribution in [2.24, 2.45) is 0 Å². The molecule has 0 aliphatic heterocycles. The quantitative estimate of drug-likeness (QED) is 0.0671. The van der Waals surface area contributed by atoms with E-state index in [1.807, 2.05) is 0 Å². The van der Waals surface area contributed by atoms with Crippen molar-refractivity contribution >= 4 is 11.9 Å². The van der Waals surface area contributed by atoms with Crippen molar-refractivity contribution in [1.82, 2.24) is 0 Å². The summed E-state index contributed by atoms with van der Waals surface area (Å²) in [5, 5.41) is 0. The number of rotatable bonds is 32. The van der Waals surface area contributed by atoms with Crippen LogP contribution in [0, 0.1) is 0 Å². The van der Waals surface area contributed by atoms with E-state index in [2.05, 4.69) is 13.5 Å². The summed E-state index contributed by atoms with van der Waals surface area (Å²) in [7, 11) is 0. The molecule has 12 heteroatoms. The first-order valence-electron chi connectivity index (χ1n) is 13.8. The molecule has 0 aliphatic carbocycles. The van der Waals surface area contributed by atoms with Crippen molar-refractivity contribution in [1.29, 1.82) is 0 Å². The molecule has 0 atom stereocenters. The Kier molecular flexibility index (Phi) is 31.2. The zero-order valence-electron chi connectivity index (χ0n) is 23.7. The second kappa shape index (κ2) is 32.6. The van der Waals surface area contributed by atoms with Crippen molar-refractivity contribution in [3.63, 3.8) is 0 Å². The molecular formula is C27H50O12. The van der Waals surface area contributed by atoms with Crippen LogP contribution in [0.2, 0.25) is 0 Å². The van der Waals surface area contributed by atoms with Crippen LogP contribution in [0.5, 0.6) is 0 Å². The summed E-state index contributed by atoms with van der Waals surface area (Å²) in [4.78, 5) is 22.2. The van der Waals surface area contributed by atoms with Gasteiger partial charge in [0.15, 0.2) is 0 Å². The zero-order chi connectivity index (χ0) is 28.5. The number of unbranched alkanes of at least 4 members (excludes halogenated alkanes) is 2. The highest BCUT2D eigenvalue weighted by molar-refractivity contribution is 5.81. The minimum absolute atomic E-state index is 0.163. The maximum absolute atomic E-state index is 11.4. The van der Waals surface area contributed by atoms with Gasteiger partial charge in [0.25, 0.3) is 0 Å². The first kappa shape index (κ1) is 37.4. The standard InChI is InChI=1S/C27H50O12/c1-3-5-6-7-27(29)39-25-23-37-21-19-35-17-15-33-13-11-31-9-8-30-10-12-32-14-16-34-18-20-36-22-24-38-26(28)4-2/h4H,2-3,5-25H2,1H3. The molecule has 0 saturated heterocycles. The third-order valence-electron chi connectivity index (χ3n) is 4.72. The highest BCUT2D eigenvalue weighted by Crippen LogP contribution is 2.00. The van der Waals surface area contributed by atoms with Crippen LogP contribution in [0.15, 0.2) is 12.7 Å². The lowest BCUT2D eigenvalue weighted by molar-refractivity contribution is -0.145. The summed E-state index contributed by atoms with van der Waals surface area (Å²) in [6, 6.07) is 0. The van der Waals surface area contributed by atoms with Crippen molar-refractivity contribution in [3.8, 4) is 0 Å². The van der Waals surface area contributed by atoms with E-state index in [0.717, 1.165) is 25.3 Å². The molecule has 230 valence electrons. The molecule has 0 aromatic rings. The van der Waals surface area contributed by atoms with E-state index in [9.17, 15) is 9.59 Å². The molecule has 0 fully saturated rings. The van der Waals surface area contributed by atoms with Crippen LogP contribution in [-0.4, -0.2) is 131 Å². The summed E-state index contributed by atoms with van der Waals surface area (Å²) >= 11 is 0. The molecule has 0 radical (unpaired) electrons. The lowest BCUT2D eigenvalue weighted by Gasteiger charge is -2.09. The average Bonchev–Trinajstić information content (AvgIpc) is 2.94. The Labute approximate surface area is 233 Å². The number of hydrogen-bond acceptors (Lipinski definition) is 12. The maximum atomic E-state index is 11.4. The fraction of sp³-hybridized carbons (Fsp3) is 0.852. The van der Waals surface area contributed by atoms with E-state index < -0.39 is 5.97 Å². The SMILES string of the molecule is C=CC(=O)OCCOCCOCCOCCOCCOCCOCCOCCOCCOC(=O)CCCCC. The van der Waals surface area contributed by atoms with Gasteiger partial charge in [0, 0.05) is 12.5 Å². The Morgan fingerprint density at radius 3 is 1.10 bits per heavy atom. The van der Waals surface area contributed by atoms with Crippen molar-refractivity contribution in [2.45, 2.75) is 32.6 Å². The Morgan fingerprint density at radius 1 is 0.487 bits per heavy atom. The van der Waals surface area contributed by atoms with Gasteiger partial charge in [-0.1, -0.05) is 26.3 Å². The molecule has 0 aliphatic rings. The van der Waals surface area contributed by atoms with Gasteiger partial charge in [-0.2, -0.15) is 0 Å². The van der Waals surface area contributed by atoms with E-state index >= 15 is 0 Å². The average molecular weight is 567 g/mol. The summed E-state index contributed by atoms with van der Waals surface area (Å²) in [6.07, 6.45) is 4.60. The number of carbonyl (C=O) groups excluding carboxylic acids is 2. The van der Waals surface area contributed by atoms with E-state index in [1.165, 1.54) is 0 Å². The van der Waals surface area contributed by atoms with Gasteiger partial charge in [-0.15, -0.1) is 0 Å². The number of ether oxygens (including phenoxy) is 10. The molecule has 39 heavy (non-hydrogen) atoms. The monoisotopic (exact) mass is 566 g/mol. The second-order valence-electron chi connectivity index (χ2n) is 7.95. The Bertz CT molecular complexity index is 547. The summed E-state index contributed by atoms with van der Waals surface area (Å²) in [5.74, 6) is -0.624. The number of carbonyl (C=O) groups is 2. The zero-order valence-corrected chi connectivity index (χ0v) is 23.7. The van der Waals surface area contributed by atoms with Crippen LogP contribution in [0.25, 0.3) is 0 Å². The van der Waals surface area contributed by atoms with E-state index in [4.69, 9.17) is 47.4 Å². The van der Waals surface area contributed by atoms with Gasteiger partial charge in [-0.05, 0) is 6.42 Å². The van der Waals surface area contributed by atoms with Crippen LogP contribution in [-0.2, 0) is 57.0 Å². The highest BCUT2D eigenvalue weighted by Gasteiger charge is 2.02. The molecule has 0 N–H and O–H groups in total. The highest BCUT2D eigenvalue weighted by atomic mass is 16.6. The van der Waals surface area contributed by atoms with Crippen LogP contribution in [0.4, 0.5) is 0 Å². The van der Waals surface area contributed by atoms with Crippen LogP contribution in [0.3, 0.4) is 0 Å². The summed E-state index contributed by atoms with van der Waals surface area (Å²) in [5.41, 5.74) is 0. The third kappa shape index (κ3) is 32.5. The van der Waals surface area contributed by atoms with Gasteiger partial charge < -0.3 is 47.4 Å². The number of hydrogen-bond donors (Lipinski definition) is 0. The Balaban J connectivity index is 3.09. The minimum atomic E-state index is -0.461. The molecule has 0 spiro atoms. The normalized spacial score (nSPS) is 11.0. The minimum Gasteiger partial charge on any atom is -0.463 e. The van der Waals surface area contributed by atoms with Gasteiger partial charge in [0.05, 0.1) is 106 Å². The maximum Gasteiger partial charge on any atom is 0.330 e. The van der Waals surface area contributed by atoms with Gasteiger partial charge in [0.1, 0.15) is 13.2 Å². The summed E-state index contributed by atoms with van der Waals surface area (Å²) < 4.78 is 53.0. The first-order chi connectivity index (χ1) is 19.2. The molecule has 0 saturated carbocycles. The molecule has 0 unspecified atom stereocenters. The van der Waals surface area contributed by atoms with Gasteiger partial charge in [-0.3, -0.25) is 4.79 Å². The molecule has 0 heterocycles. The Morgan fingerprint density at radius 2 is 0.795 bits per heavy atom. The van der Waals surface area contributed by atoms with E-state index in [1.54, 1.807) is 0 Å². The van der Waals surface area contributed by atoms with Crippen LogP contribution >= 0.6 is 0 Å². The fourth-order valence-electron chi connectivity index (χ4n) is 2.71. The predicted octanol–water partition coefficient (Wildman–Crippen LogP) is 1.97. The summed E-state index contributed by atoms with van der Waals surface area (Å²) in [6.45, 7) is 13.2. The topological polar surface area (TPSA) is 126 Å². The van der Waals surface area contributed by atoms with Crippen LogP contribution in [0.1, 0.15) is 32.6 Å². The smallest absolute Gasteiger partial charge is 0.330 e. The Hall–Kier alpha value is -1.64. The van der Waals surface area contributed by atoms with E-state index in [-0.39, 0.29) is 19.2 Å². The fourth-order valence-corrected chi connectivity index (χ4v) is 2.71. The molecule has 0 aromatic heterocycles.